The van der Waals surface area contributed by atoms with Gasteiger partial charge in [-0.2, -0.15) is 0 Å². The summed E-state index contributed by atoms with van der Waals surface area (Å²) in [5.41, 5.74) is 8.14. The predicted molar refractivity (Wildman–Crippen MR) is 164 cm³/mol. The van der Waals surface area contributed by atoms with Crippen molar-refractivity contribution in [1.82, 2.24) is 4.57 Å². The molecule has 3 heteroatoms. The quantitative estimate of drug-likeness (QED) is 0.188. The first-order chi connectivity index (χ1) is 19.2. The van der Waals surface area contributed by atoms with Crippen LogP contribution in [0.25, 0.3) is 69.0 Å². The Kier molecular flexibility index (Phi) is 5.09. The molecule has 0 unspecified atom stereocenters. The summed E-state index contributed by atoms with van der Waals surface area (Å²) < 4.78 is 19.4. The molecule has 2 heterocycles. The summed E-state index contributed by atoms with van der Waals surface area (Å²) in [5, 5.41) is 4.64. The Morgan fingerprint density at radius 2 is 1.10 bits per heavy atom. The Balaban J connectivity index is 1.50. The van der Waals surface area contributed by atoms with E-state index in [-0.39, 0.29) is 20.3 Å². The van der Waals surface area contributed by atoms with Gasteiger partial charge in [-0.1, -0.05) is 0 Å². The van der Waals surface area contributed by atoms with Gasteiger partial charge in [-0.05, 0) is 0 Å². The van der Waals surface area contributed by atoms with Crippen LogP contribution in [0.2, 0.25) is 0 Å². The predicted octanol–water partition coefficient (Wildman–Crippen LogP) is 9.62. The average molecular weight is 567 g/mol. The van der Waals surface area contributed by atoms with Gasteiger partial charge in [0.25, 0.3) is 0 Å². The summed E-state index contributed by atoms with van der Waals surface area (Å²) in [5.74, 6) is -0.179. The molecule has 184 valence electrons. The van der Waals surface area contributed by atoms with Crippen LogP contribution >= 0.6 is 0 Å². The van der Waals surface area contributed by atoms with Gasteiger partial charge in [0.1, 0.15) is 0 Å². The molecule has 0 radical (unpaired) electrons. The van der Waals surface area contributed by atoms with E-state index >= 15 is 0 Å². The van der Waals surface area contributed by atoms with Crippen LogP contribution in [0.4, 0.5) is 4.39 Å². The molecule has 0 fully saturated rings. The van der Waals surface area contributed by atoms with E-state index in [4.69, 9.17) is 0 Å². The first kappa shape index (κ1) is 22.5. The van der Waals surface area contributed by atoms with Crippen molar-refractivity contribution >= 4 is 55.6 Å². The number of halogens is 1. The van der Waals surface area contributed by atoms with Crippen molar-refractivity contribution in [3.8, 4) is 27.9 Å². The fourth-order valence-electron chi connectivity index (χ4n) is 5.91. The monoisotopic (exact) mass is 567 g/mol. The molecule has 1 nitrogen and oxygen atoms in total. The minimum absolute atomic E-state index is 0.170. The molecule has 0 aliphatic carbocycles. The van der Waals surface area contributed by atoms with Crippen LogP contribution < -0.4 is 0 Å². The molecule has 2 aromatic heterocycles. The number of para-hydroxylation sites is 1. The van der Waals surface area contributed by atoms with Crippen molar-refractivity contribution in [2.24, 2.45) is 0 Å². The van der Waals surface area contributed by atoms with Crippen LogP contribution in [0.1, 0.15) is 0 Å². The molecule has 0 spiro atoms. The van der Waals surface area contributed by atoms with E-state index in [9.17, 15) is 4.39 Å². The summed E-state index contributed by atoms with van der Waals surface area (Å²) in [4.78, 5) is 0. The van der Waals surface area contributed by atoms with Gasteiger partial charge in [0.2, 0.25) is 0 Å². The van der Waals surface area contributed by atoms with Crippen molar-refractivity contribution in [2.45, 2.75) is 0 Å². The van der Waals surface area contributed by atoms with Crippen LogP contribution in [0.3, 0.4) is 0 Å². The van der Waals surface area contributed by atoms with Gasteiger partial charge in [0.05, 0.1) is 0 Å². The van der Waals surface area contributed by atoms with E-state index in [0.29, 0.717) is 0 Å². The Bertz CT molecular complexity index is 2110. The fourth-order valence-corrected chi connectivity index (χ4v) is 8.21. The van der Waals surface area contributed by atoms with Crippen LogP contribution in [-0.2, 0) is 0 Å². The molecule has 0 amide bonds. The Morgan fingerprint density at radius 3 is 1.82 bits per heavy atom. The Morgan fingerprint density at radius 1 is 0.462 bits per heavy atom. The van der Waals surface area contributed by atoms with Gasteiger partial charge in [-0.25, -0.2) is 0 Å². The van der Waals surface area contributed by atoms with Gasteiger partial charge < -0.3 is 0 Å². The number of benzene rings is 6. The minimum atomic E-state index is -0.179. The van der Waals surface area contributed by atoms with Gasteiger partial charge >= 0.3 is 232 Å². The molecule has 0 N–H and O–H groups in total. The van der Waals surface area contributed by atoms with E-state index in [1.165, 1.54) is 46.9 Å². The second-order valence-corrected chi connectivity index (χ2v) is 12.2. The molecule has 8 rings (SSSR count). The Hall–Kier alpha value is -4.43. The van der Waals surface area contributed by atoms with Crippen LogP contribution in [0.5, 0.6) is 0 Å². The van der Waals surface area contributed by atoms with E-state index < -0.39 is 0 Å². The Labute approximate surface area is 231 Å². The van der Waals surface area contributed by atoms with Gasteiger partial charge in [0.15, 0.2) is 0 Å². The van der Waals surface area contributed by atoms with Crippen molar-refractivity contribution in [2.75, 3.05) is 0 Å². The van der Waals surface area contributed by atoms with Crippen molar-refractivity contribution in [1.29, 1.82) is 0 Å². The zero-order valence-electron chi connectivity index (χ0n) is 20.9. The van der Waals surface area contributed by atoms with Gasteiger partial charge in [0, 0.05) is 0 Å². The molecule has 6 aromatic carbocycles. The van der Waals surface area contributed by atoms with Gasteiger partial charge in [-0.3, -0.25) is 0 Å². The first-order valence-corrected chi connectivity index (χ1v) is 14.8. The zero-order chi connectivity index (χ0) is 25.9. The number of rotatable bonds is 3. The molecule has 0 saturated heterocycles. The topological polar surface area (TPSA) is 4.93 Å². The number of hydrogen-bond acceptors (Lipinski definition) is 0. The first-order valence-electron chi connectivity index (χ1n) is 13.0. The average Bonchev–Trinajstić information content (AvgIpc) is 3.53. The van der Waals surface area contributed by atoms with E-state index in [1.54, 1.807) is 12.1 Å². The molecule has 0 bridgehead atoms. The molecular formula is C36H22FNSe. The SMILES string of the molecule is Fc1ccc2[se]c3ccc4c(c5ccccc5n4-c4cc(-c5ccccc5)cc(-c5ccccc5)c4)c3c2c1. The summed E-state index contributed by atoms with van der Waals surface area (Å²) >= 11 is 0.170. The molecule has 0 aliphatic heterocycles. The summed E-state index contributed by atoms with van der Waals surface area (Å²) in [6, 6.07) is 46.4. The van der Waals surface area contributed by atoms with E-state index in [1.807, 2.05) is 6.07 Å². The van der Waals surface area contributed by atoms with E-state index in [2.05, 4.69) is 120 Å². The van der Waals surface area contributed by atoms with E-state index in [0.717, 1.165) is 22.1 Å². The third kappa shape index (κ3) is 3.59. The third-order valence-electron chi connectivity index (χ3n) is 7.62. The van der Waals surface area contributed by atoms with Crippen molar-refractivity contribution in [3.05, 3.63) is 139 Å². The van der Waals surface area contributed by atoms with Crippen LogP contribution in [0.15, 0.2) is 133 Å². The maximum absolute atomic E-state index is 14.5. The second kappa shape index (κ2) is 8.81. The summed E-state index contributed by atoms with van der Waals surface area (Å²) in [7, 11) is 0. The number of nitrogens with zero attached hydrogens (tertiary/aromatic N) is 1. The number of fused-ring (bicyclic) bond motifs is 7. The van der Waals surface area contributed by atoms with Gasteiger partial charge in [-0.15, -0.1) is 0 Å². The zero-order valence-corrected chi connectivity index (χ0v) is 22.6. The molecule has 0 atom stereocenters. The molecule has 0 aliphatic rings. The number of hydrogen-bond donors (Lipinski definition) is 0. The van der Waals surface area contributed by atoms with Crippen molar-refractivity contribution in [3.63, 3.8) is 0 Å². The van der Waals surface area contributed by atoms with Crippen LogP contribution in [0, 0.1) is 5.82 Å². The second-order valence-electron chi connectivity index (χ2n) is 9.93. The summed E-state index contributed by atoms with van der Waals surface area (Å²) in [6.45, 7) is 0. The van der Waals surface area contributed by atoms with Crippen LogP contribution in [-0.4, -0.2) is 19.1 Å². The maximum atomic E-state index is 14.5. The standard InChI is InChI=1S/C36H22FNSe/c37-27-15-17-33-30(22-27)36-34(39-33)18-16-32-35(36)29-13-7-8-14-31(29)38(32)28-20-25(23-9-3-1-4-10-23)19-26(21-28)24-11-5-2-6-12-24/h1-22H. The molecule has 0 saturated carbocycles. The third-order valence-corrected chi connectivity index (χ3v) is 10.0. The van der Waals surface area contributed by atoms with Crippen molar-refractivity contribution < 1.29 is 4.39 Å². The molecule has 39 heavy (non-hydrogen) atoms. The molecule has 8 aromatic rings. The number of aromatic nitrogens is 1. The summed E-state index contributed by atoms with van der Waals surface area (Å²) in [6.07, 6.45) is 0. The normalized spacial score (nSPS) is 11.7. The molecular weight excluding hydrogens is 544 g/mol. The fraction of sp³-hybridized carbons (Fsp3) is 0.